The second-order valence-corrected chi connectivity index (χ2v) is 11.4. The third kappa shape index (κ3) is 4.26. The van der Waals surface area contributed by atoms with E-state index in [-0.39, 0.29) is 33.4 Å². The molecule has 2 unspecified atom stereocenters. The standard InChI is InChI=1S/C19H22F3N5O3S2/c1-18(2,29)16-24-8-13(31-16)32(23,30)27-17(28)26-14-9-4-3-5-12(9)25-15-10(14)6-7-11(15)19(20,21)22/h8,11,29H,3-7H2,1-2H3,(H3,23,25,26,27,28,30). The average molecular weight is 490 g/mol. The van der Waals surface area contributed by atoms with Crippen LogP contribution in [0.25, 0.3) is 0 Å². The number of carbonyl (C=O) groups is 1. The highest BCUT2D eigenvalue weighted by Gasteiger charge is 2.47. The monoisotopic (exact) mass is 489 g/mol. The molecule has 0 saturated heterocycles. The predicted octanol–water partition coefficient (Wildman–Crippen LogP) is 3.78. The number of hydrogen-bond acceptors (Lipinski definition) is 6. The van der Waals surface area contributed by atoms with Crippen molar-refractivity contribution in [1.29, 1.82) is 0 Å². The highest BCUT2D eigenvalue weighted by atomic mass is 32.2. The van der Waals surface area contributed by atoms with Crippen LogP contribution in [-0.4, -0.2) is 31.5 Å². The molecule has 2 atom stereocenters. The van der Waals surface area contributed by atoms with E-state index in [2.05, 4.69) is 19.6 Å². The quantitative estimate of drug-likeness (QED) is 0.604. The van der Waals surface area contributed by atoms with Crippen LogP contribution in [0.5, 0.6) is 0 Å². The zero-order chi connectivity index (χ0) is 23.5. The second-order valence-electron chi connectivity index (χ2n) is 8.40. The summed E-state index contributed by atoms with van der Waals surface area (Å²) in [5.41, 5.74) is 0.524. The molecule has 0 fully saturated rings. The number of nitrogens with two attached hydrogens (primary N) is 1. The Kier molecular flexibility index (Phi) is 5.59. The van der Waals surface area contributed by atoms with Crippen LogP contribution in [0.1, 0.15) is 60.1 Å². The van der Waals surface area contributed by atoms with E-state index in [9.17, 15) is 27.3 Å². The minimum Gasteiger partial charge on any atom is -0.383 e. The summed E-state index contributed by atoms with van der Waals surface area (Å²) < 4.78 is 56.8. The van der Waals surface area contributed by atoms with Crippen LogP contribution in [0.3, 0.4) is 0 Å². The van der Waals surface area contributed by atoms with E-state index in [1.54, 1.807) is 0 Å². The molecule has 32 heavy (non-hydrogen) atoms. The van der Waals surface area contributed by atoms with Gasteiger partial charge in [-0.3, -0.25) is 4.98 Å². The molecule has 4 N–H and O–H groups in total. The summed E-state index contributed by atoms with van der Waals surface area (Å²) in [5.74, 6) is -1.67. The minimum absolute atomic E-state index is 0.00657. The molecule has 0 saturated carbocycles. The number of rotatable bonds is 3. The summed E-state index contributed by atoms with van der Waals surface area (Å²) in [6.07, 6.45) is -1.43. The first-order valence-electron chi connectivity index (χ1n) is 9.93. The summed E-state index contributed by atoms with van der Waals surface area (Å²) >= 11 is 0.868. The Bertz CT molecular complexity index is 1210. The molecule has 8 nitrogen and oxygen atoms in total. The molecule has 2 amide bonds. The van der Waals surface area contributed by atoms with Crippen molar-refractivity contribution < 1.29 is 27.3 Å². The number of nitrogens with one attached hydrogen (secondary N) is 1. The number of nitrogens with zero attached hydrogens (tertiary/aromatic N) is 3. The average Bonchev–Trinajstić information content (AvgIpc) is 3.38. The van der Waals surface area contributed by atoms with Crippen LogP contribution in [0, 0.1) is 0 Å². The number of urea groups is 1. The number of hydrogen-bond donors (Lipinski definition) is 3. The van der Waals surface area contributed by atoms with Gasteiger partial charge in [-0.25, -0.2) is 19.1 Å². The zero-order valence-electron chi connectivity index (χ0n) is 17.3. The van der Waals surface area contributed by atoms with Crippen molar-refractivity contribution in [3.63, 3.8) is 0 Å². The van der Waals surface area contributed by atoms with E-state index >= 15 is 0 Å². The number of aliphatic hydroxyl groups is 1. The number of aromatic nitrogens is 2. The van der Waals surface area contributed by atoms with Gasteiger partial charge in [-0.15, -0.1) is 15.7 Å². The molecule has 2 aliphatic rings. The molecule has 0 spiro atoms. The zero-order valence-corrected chi connectivity index (χ0v) is 19.0. The van der Waals surface area contributed by atoms with Gasteiger partial charge in [0, 0.05) is 5.69 Å². The maximum absolute atomic E-state index is 13.5. The number of anilines is 1. The van der Waals surface area contributed by atoms with Crippen molar-refractivity contribution in [2.45, 2.75) is 67.9 Å². The van der Waals surface area contributed by atoms with Crippen LogP contribution >= 0.6 is 11.3 Å². The van der Waals surface area contributed by atoms with Gasteiger partial charge in [0.25, 0.3) is 0 Å². The van der Waals surface area contributed by atoms with Gasteiger partial charge in [-0.1, -0.05) is 0 Å². The van der Waals surface area contributed by atoms with E-state index < -0.39 is 33.6 Å². The Balaban J connectivity index is 1.68. The Morgan fingerprint density at radius 1 is 1.31 bits per heavy atom. The molecule has 2 aromatic heterocycles. The molecule has 2 aliphatic carbocycles. The second kappa shape index (κ2) is 7.75. The maximum Gasteiger partial charge on any atom is 0.397 e. The number of thiazole rings is 1. The van der Waals surface area contributed by atoms with Crippen molar-refractivity contribution in [3.8, 4) is 0 Å². The van der Waals surface area contributed by atoms with Crippen molar-refractivity contribution in [1.82, 2.24) is 9.97 Å². The summed E-state index contributed by atoms with van der Waals surface area (Å²) in [4.78, 5) is 20.9. The Hall–Kier alpha value is -2.09. The van der Waals surface area contributed by atoms with Gasteiger partial charge in [-0.05, 0) is 57.1 Å². The van der Waals surface area contributed by atoms with Crippen LogP contribution in [0.2, 0.25) is 0 Å². The first-order chi connectivity index (χ1) is 14.8. The number of fused-ring (bicyclic) bond motifs is 2. The molecule has 13 heteroatoms. The number of alkyl halides is 3. The normalized spacial score (nSPS) is 19.9. The van der Waals surface area contributed by atoms with E-state index in [0.717, 1.165) is 17.8 Å². The number of aryl methyl sites for hydroxylation is 1. The predicted molar refractivity (Wildman–Crippen MR) is 113 cm³/mol. The summed E-state index contributed by atoms with van der Waals surface area (Å²) in [6.45, 7) is 2.99. The fourth-order valence-corrected chi connectivity index (χ4v) is 6.12. The van der Waals surface area contributed by atoms with Gasteiger partial charge in [0.05, 0.1) is 23.5 Å². The summed E-state index contributed by atoms with van der Waals surface area (Å²) in [7, 11) is -3.67. The van der Waals surface area contributed by atoms with Crippen molar-refractivity contribution >= 4 is 33.0 Å². The molecule has 0 aromatic carbocycles. The Morgan fingerprint density at radius 2 is 2.03 bits per heavy atom. The number of amides is 2. The SMILES string of the molecule is CC(C)(O)c1ncc(S(N)(=O)=NC(=O)Nc2c3c(nc4c2CCC4C(F)(F)F)CCC3)s1. The first kappa shape index (κ1) is 23.1. The van der Waals surface area contributed by atoms with Gasteiger partial charge >= 0.3 is 12.2 Å². The smallest absolute Gasteiger partial charge is 0.383 e. The molecule has 174 valence electrons. The van der Waals surface area contributed by atoms with Gasteiger partial charge in [0.1, 0.15) is 14.8 Å². The molecule has 0 radical (unpaired) electrons. The van der Waals surface area contributed by atoms with Gasteiger partial charge in [-0.2, -0.15) is 13.2 Å². The highest BCUT2D eigenvalue weighted by Crippen LogP contribution is 2.47. The number of carbonyl (C=O) groups excluding carboxylic acids is 1. The largest absolute Gasteiger partial charge is 0.397 e. The van der Waals surface area contributed by atoms with Crippen LogP contribution in [-0.2, 0) is 34.8 Å². The molecule has 4 rings (SSSR count). The Labute approximate surface area is 186 Å². The maximum atomic E-state index is 13.5. The number of pyridine rings is 1. The van der Waals surface area contributed by atoms with E-state index in [0.29, 0.717) is 29.7 Å². The van der Waals surface area contributed by atoms with Crippen LogP contribution in [0.15, 0.2) is 14.8 Å². The molecular formula is C19H22F3N5O3S2. The van der Waals surface area contributed by atoms with Crippen LogP contribution in [0.4, 0.5) is 23.7 Å². The summed E-state index contributed by atoms with van der Waals surface area (Å²) in [6, 6.07) is -1.02. The lowest BCUT2D eigenvalue weighted by molar-refractivity contribution is -0.150. The lowest BCUT2D eigenvalue weighted by atomic mass is 10.0. The van der Waals surface area contributed by atoms with E-state index in [1.807, 2.05) is 0 Å². The van der Waals surface area contributed by atoms with E-state index in [1.165, 1.54) is 20.0 Å². The van der Waals surface area contributed by atoms with Gasteiger partial charge in [0.2, 0.25) is 0 Å². The molecule has 2 heterocycles. The van der Waals surface area contributed by atoms with Crippen LogP contribution < -0.4 is 10.5 Å². The molecule has 0 bridgehead atoms. The summed E-state index contributed by atoms with van der Waals surface area (Å²) in [5, 5.41) is 18.6. The fourth-order valence-electron chi connectivity index (χ4n) is 4.06. The van der Waals surface area contributed by atoms with Crippen molar-refractivity contribution in [2.75, 3.05) is 5.32 Å². The third-order valence-electron chi connectivity index (χ3n) is 5.51. The highest BCUT2D eigenvalue weighted by molar-refractivity contribution is 7.93. The van der Waals surface area contributed by atoms with Gasteiger partial charge < -0.3 is 10.4 Å². The van der Waals surface area contributed by atoms with Crippen molar-refractivity contribution in [3.05, 3.63) is 33.7 Å². The first-order valence-corrected chi connectivity index (χ1v) is 12.3. The molecule has 2 aromatic rings. The lowest BCUT2D eigenvalue weighted by Gasteiger charge is -2.18. The number of halogens is 3. The van der Waals surface area contributed by atoms with Gasteiger partial charge in [0.15, 0.2) is 9.92 Å². The third-order valence-corrected chi connectivity index (χ3v) is 8.70. The Morgan fingerprint density at radius 3 is 2.66 bits per heavy atom. The topological polar surface area (TPSA) is 131 Å². The van der Waals surface area contributed by atoms with Crippen molar-refractivity contribution in [2.24, 2.45) is 9.50 Å². The minimum atomic E-state index is -4.42. The fraction of sp³-hybridized carbons (Fsp3) is 0.526. The lowest BCUT2D eigenvalue weighted by Crippen LogP contribution is -2.21. The molecular weight excluding hydrogens is 467 g/mol. The molecule has 0 aliphatic heterocycles. The van der Waals surface area contributed by atoms with E-state index in [4.69, 9.17) is 5.14 Å².